The quantitative estimate of drug-likeness (QED) is 0.777. The Hall–Kier alpha value is -0.680. The van der Waals surface area contributed by atoms with E-state index in [4.69, 9.17) is 11.6 Å². The topological polar surface area (TPSA) is 54.9 Å². The lowest BCUT2D eigenvalue weighted by molar-refractivity contribution is 0.0957. The van der Waals surface area contributed by atoms with Gasteiger partial charge >= 0.3 is 0 Å². The molecule has 4 nitrogen and oxygen atoms in total. The number of nitrogens with one attached hydrogen (secondary N) is 1. The number of hydrogen-bond acceptors (Lipinski definition) is 4. The van der Waals surface area contributed by atoms with Gasteiger partial charge in [0.2, 0.25) is 0 Å². The molecule has 0 radical (unpaired) electrons. The maximum absolute atomic E-state index is 11.3. The monoisotopic (exact) mass is 219 g/mol. The summed E-state index contributed by atoms with van der Waals surface area (Å²) in [5.41, 5.74) is 0. The van der Waals surface area contributed by atoms with Gasteiger partial charge in [0.05, 0.1) is 6.20 Å². The first-order chi connectivity index (χ1) is 6.20. The third-order valence-electron chi connectivity index (χ3n) is 1.41. The molecule has 0 saturated heterocycles. The van der Waals surface area contributed by atoms with Crippen LogP contribution in [0.1, 0.15) is 23.0 Å². The lowest BCUT2D eigenvalue weighted by atomic mass is 10.3. The number of nitrogens with zero attached hydrogens (tertiary/aromatic N) is 2. The fourth-order valence-electron chi connectivity index (χ4n) is 0.739. The summed E-state index contributed by atoms with van der Waals surface area (Å²) in [7, 11) is 0. The van der Waals surface area contributed by atoms with Gasteiger partial charge in [-0.05, 0) is 24.9 Å². The fraction of sp³-hybridized carbons (Fsp3) is 0.571. The molecule has 1 atom stereocenters. The van der Waals surface area contributed by atoms with Gasteiger partial charge < -0.3 is 5.32 Å². The molecule has 1 amide bonds. The number of hydrogen-bond donors (Lipinski definition) is 1. The van der Waals surface area contributed by atoms with Crippen molar-refractivity contribution in [1.29, 1.82) is 0 Å². The number of amides is 1. The minimum Gasteiger partial charge on any atom is -0.351 e. The summed E-state index contributed by atoms with van der Waals surface area (Å²) in [4.78, 5) is 11.8. The van der Waals surface area contributed by atoms with Crippen molar-refractivity contribution in [2.45, 2.75) is 18.7 Å². The summed E-state index contributed by atoms with van der Waals surface area (Å²) in [6.07, 6.45) is 2.21. The van der Waals surface area contributed by atoms with E-state index in [2.05, 4.69) is 14.9 Å². The zero-order valence-corrected chi connectivity index (χ0v) is 8.73. The first-order valence-electron chi connectivity index (χ1n) is 3.90. The van der Waals surface area contributed by atoms with Crippen LogP contribution in [0.2, 0.25) is 0 Å². The van der Waals surface area contributed by atoms with E-state index in [1.165, 1.54) is 6.20 Å². The summed E-state index contributed by atoms with van der Waals surface area (Å²) in [5.74, 6) is -0.132. The average molecular weight is 220 g/mol. The average Bonchev–Trinajstić information content (AvgIpc) is 2.55. The Bertz CT molecular complexity index is 263. The van der Waals surface area contributed by atoms with Crippen LogP contribution in [0.15, 0.2) is 6.20 Å². The maximum Gasteiger partial charge on any atom is 0.264 e. The van der Waals surface area contributed by atoms with Crippen molar-refractivity contribution in [3.63, 3.8) is 0 Å². The van der Waals surface area contributed by atoms with Crippen molar-refractivity contribution < 1.29 is 4.79 Å². The molecule has 72 valence electrons. The molecule has 0 bridgehead atoms. The Morgan fingerprint density at radius 3 is 3.15 bits per heavy atom. The van der Waals surface area contributed by atoms with Crippen molar-refractivity contribution in [3.8, 4) is 0 Å². The van der Waals surface area contributed by atoms with Gasteiger partial charge in [0.15, 0.2) is 0 Å². The number of aromatic nitrogens is 2. The Labute approximate surface area is 85.5 Å². The Morgan fingerprint density at radius 1 is 1.85 bits per heavy atom. The number of carbonyl (C=O) groups excluding carboxylic acids is 1. The van der Waals surface area contributed by atoms with Gasteiger partial charge in [0.25, 0.3) is 5.91 Å². The van der Waals surface area contributed by atoms with E-state index in [9.17, 15) is 4.79 Å². The highest BCUT2D eigenvalue weighted by Gasteiger charge is 2.07. The van der Waals surface area contributed by atoms with Gasteiger partial charge in [0, 0.05) is 11.9 Å². The van der Waals surface area contributed by atoms with E-state index in [1.807, 2.05) is 6.92 Å². The molecule has 0 aliphatic carbocycles. The van der Waals surface area contributed by atoms with Crippen LogP contribution in [0.3, 0.4) is 0 Å². The molecule has 13 heavy (non-hydrogen) atoms. The van der Waals surface area contributed by atoms with Crippen molar-refractivity contribution in [1.82, 2.24) is 14.9 Å². The smallest absolute Gasteiger partial charge is 0.264 e. The Morgan fingerprint density at radius 2 is 2.62 bits per heavy atom. The SMILES string of the molecule is CC(Cl)CCNC(=O)c1cnns1. The number of halogens is 1. The summed E-state index contributed by atoms with van der Waals surface area (Å²) in [6, 6.07) is 0. The molecule has 1 rings (SSSR count). The lowest BCUT2D eigenvalue weighted by Crippen LogP contribution is -2.24. The highest BCUT2D eigenvalue weighted by atomic mass is 35.5. The van der Waals surface area contributed by atoms with Crippen LogP contribution in [0, 0.1) is 0 Å². The predicted octanol–water partition coefficient (Wildman–Crippen LogP) is 1.29. The van der Waals surface area contributed by atoms with E-state index in [0.29, 0.717) is 11.4 Å². The molecule has 0 aliphatic rings. The lowest BCUT2D eigenvalue weighted by Gasteiger charge is -2.03. The predicted molar refractivity (Wildman–Crippen MR) is 52.2 cm³/mol. The zero-order valence-electron chi connectivity index (χ0n) is 7.16. The molecule has 6 heteroatoms. The number of carbonyl (C=O) groups is 1. The highest BCUT2D eigenvalue weighted by Crippen LogP contribution is 2.02. The minimum atomic E-state index is -0.132. The molecular weight excluding hydrogens is 210 g/mol. The van der Waals surface area contributed by atoms with Crippen molar-refractivity contribution in [3.05, 3.63) is 11.1 Å². The second-order valence-electron chi connectivity index (χ2n) is 2.61. The fourth-order valence-corrected chi connectivity index (χ4v) is 1.28. The van der Waals surface area contributed by atoms with Crippen molar-refractivity contribution in [2.24, 2.45) is 0 Å². The van der Waals surface area contributed by atoms with Crippen molar-refractivity contribution in [2.75, 3.05) is 6.54 Å². The third-order valence-corrected chi connectivity index (χ3v) is 2.29. The molecule has 1 aromatic heterocycles. The second-order valence-corrected chi connectivity index (χ2v) is 4.14. The van der Waals surface area contributed by atoms with E-state index in [1.54, 1.807) is 0 Å². The van der Waals surface area contributed by atoms with Gasteiger partial charge in [-0.15, -0.1) is 16.7 Å². The molecule has 0 aliphatic heterocycles. The van der Waals surface area contributed by atoms with Crippen LogP contribution in [-0.4, -0.2) is 27.4 Å². The molecule has 0 saturated carbocycles. The summed E-state index contributed by atoms with van der Waals surface area (Å²) in [6.45, 7) is 2.48. The summed E-state index contributed by atoms with van der Waals surface area (Å²) < 4.78 is 3.59. The van der Waals surface area contributed by atoms with Gasteiger partial charge in [-0.1, -0.05) is 4.49 Å². The highest BCUT2D eigenvalue weighted by molar-refractivity contribution is 7.07. The standard InChI is InChI=1S/C7H10ClN3OS/c1-5(8)2-3-9-7(12)6-4-10-11-13-6/h4-5H,2-3H2,1H3,(H,9,12). The molecule has 0 fully saturated rings. The summed E-state index contributed by atoms with van der Waals surface area (Å²) in [5, 5.41) is 6.37. The molecule has 1 heterocycles. The molecule has 0 aromatic carbocycles. The number of alkyl halides is 1. The molecule has 1 unspecified atom stereocenters. The Kier molecular flexibility index (Phi) is 4.11. The van der Waals surface area contributed by atoms with Gasteiger partial charge in [0.1, 0.15) is 4.88 Å². The summed E-state index contributed by atoms with van der Waals surface area (Å²) >= 11 is 6.80. The molecule has 1 aromatic rings. The van der Waals surface area contributed by atoms with Crippen LogP contribution in [0.5, 0.6) is 0 Å². The first kappa shape index (κ1) is 10.4. The van der Waals surface area contributed by atoms with E-state index in [0.717, 1.165) is 18.0 Å². The third kappa shape index (κ3) is 3.69. The number of rotatable bonds is 4. The zero-order chi connectivity index (χ0) is 9.68. The van der Waals surface area contributed by atoms with Gasteiger partial charge in [-0.25, -0.2) is 0 Å². The Balaban J connectivity index is 2.27. The maximum atomic E-state index is 11.3. The largest absolute Gasteiger partial charge is 0.351 e. The van der Waals surface area contributed by atoms with Crippen LogP contribution < -0.4 is 5.32 Å². The molecule has 0 spiro atoms. The van der Waals surface area contributed by atoms with E-state index >= 15 is 0 Å². The van der Waals surface area contributed by atoms with Gasteiger partial charge in [-0.3, -0.25) is 4.79 Å². The van der Waals surface area contributed by atoms with Crippen LogP contribution in [0.4, 0.5) is 0 Å². The van der Waals surface area contributed by atoms with Crippen molar-refractivity contribution >= 4 is 29.0 Å². The van der Waals surface area contributed by atoms with Crippen LogP contribution >= 0.6 is 23.1 Å². The minimum absolute atomic E-state index is 0.0832. The first-order valence-corrected chi connectivity index (χ1v) is 5.10. The van der Waals surface area contributed by atoms with Crippen LogP contribution in [0.25, 0.3) is 0 Å². The molecule has 1 N–H and O–H groups in total. The molecular formula is C7H10ClN3OS. The van der Waals surface area contributed by atoms with E-state index < -0.39 is 0 Å². The van der Waals surface area contributed by atoms with Crippen LogP contribution in [-0.2, 0) is 0 Å². The van der Waals surface area contributed by atoms with E-state index in [-0.39, 0.29) is 11.3 Å². The van der Waals surface area contributed by atoms with Gasteiger partial charge in [-0.2, -0.15) is 0 Å². The normalized spacial score (nSPS) is 12.5. The second kappa shape index (κ2) is 5.14.